The lowest BCUT2D eigenvalue weighted by molar-refractivity contribution is 0.0856. The van der Waals surface area contributed by atoms with Gasteiger partial charge in [-0.3, -0.25) is 14.5 Å². The molecule has 0 bridgehead atoms. The number of hydrogen-bond donors (Lipinski definition) is 1. The van der Waals surface area contributed by atoms with Gasteiger partial charge in [0.25, 0.3) is 0 Å². The fraction of sp³-hybridized carbons (Fsp3) is 0.400. The van der Waals surface area contributed by atoms with Gasteiger partial charge >= 0.3 is 0 Å². The maximum absolute atomic E-state index is 12.9. The molecule has 128 valence electrons. The molecule has 0 spiro atoms. The third-order valence-electron chi connectivity index (χ3n) is 4.63. The maximum atomic E-state index is 12.9. The molecule has 4 heteroatoms. The van der Waals surface area contributed by atoms with Crippen LogP contribution < -0.4 is 0 Å². The second-order valence-electron chi connectivity index (χ2n) is 6.62. The molecule has 2 aromatic rings. The van der Waals surface area contributed by atoms with Crippen LogP contribution in [0.2, 0.25) is 0 Å². The number of rotatable bonds is 6. The van der Waals surface area contributed by atoms with Crippen molar-refractivity contribution < 1.29 is 9.59 Å². The predicted molar refractivity (Wildman–Crippen MR) is 96.7 cm³/mol. The number of ketones is 2. The van der Waals surface area contributed by atoms with Crippen molar-refractivity contribution in [1.82, 2.24) is 9.88 Å². The molecule has 0 aliphatic heterocycles. The molecule has 1 heterocycles. The average molecular weight is 326 g/mol. The van der Waals surface area contributed by atoms with Gasteiger partial charge in [0, 0.05) is 17.8 Å². The monoisotopic (exact) mass is 326 g/mol. The number of hydrogen-bond acceptors (Lipinski definition) is 3. The lowest BCUT2D eigenvalue weighted by Crippen LogP contribution is -2.36. The fourth-order valence-corrected chi connectivity index (χ4v) is 3.05. The van der Waals surface area contributed by atoms with Crippen LogP contribution in [0.4, 0.5) is 0 Å². The summed E-state index contributed by atoms with van der Waals surface area (Å²) in [7, 11) is 1.94. The van der Waals surface area contributed by atoms with E-state index in [1.54, 1.807) is 0 Å². The summed E-state index contributed by atoms with van der Waals surface area (Å²) in [5, 5.41) is 0. The second kappa shape index (κ2) is 7.14. The molecule has 0 aliphatic carbocycles. The van der Waals surface area contributed by atoms with E-state index < -0.39 is 0 Å². The van der Waals surface area contributed by atoms with Crippen LogP contribution in [0.1, 0.15) is 57.1 Å². The van der Waals surface area contributed by atoms with Gasteiger partial charge in [-0.05, 0) is 52.8 Å². The standard InChI is InChI=1S/C20H26N2O2/c1-12-7-9-17(10-8-12)11-22(6)15(4)20(24)19-13(2)18(16(5)23)14(3)21-19/h7-10,15,21H,11H2,1-6H3. The van der Waals surface area contributed by atoms with Crippen molar-refractivity contribution in [3.05, 3.63) is 57.9 Å². The number of likely N-dealkylation sites (N-methyl/N-ethyl adjacent to an activating group) is 1. The molecular formula is C20H26N2O2. The van der Waals surface area contributed by atoms with Gasteiger partial charge in [-0.15, -0.1) is 0 Å². The number of benzene rings is 1. The molecule has 0 fully saturated rings. The number of aromatic nitrogens is 1. The maximum Gasteiger partial charge on any atom is 0.196 e. The molecular weight excluding hydrogens is 300 g/mol. The number of aryl methyl sites for hydroxylation is 2. The summed E-state index contributed by atoms with van der Waals surface area (Å²) in [6.45, 7) is 9.86. The number of carbonyl (C=O) groups excluding carboxylic acids is 2. The molecule has 1 unspecified atom stereocenters. The van der Waals surface area contributed by atoms with Crippen molar-refractivity contribution in [2.24, 2.45) is 0 Å². The summed E-state index contributed by atoms with van der Waals surface area (Å²) < 4.78 is 0. The van der Waals surface area contributed by atoms with E-state index >= 15 is 0 Å². The number of Topliss-reactive ketones (excluding diaryl/α,β-unsaturated/α-hetero) is 2. The van der Waals surface area contributed by atoms with Crippen LogP contribution >= 0.6 is 0 Å². The highest BCUT2D eigenvalue weighted by atomic mass is 16.1. The van der Waals surface area contributed by atoms with E-state index in [1.807, 2.05) is 32.7 Å². The third-order valence-corrected chi connectivity index (χ3v) is 4.63. The quantitative estimate of drug-likeness (QED) is 0.821. The Morgan fingerprint density at radius 3 is 2.21 bits per heavy atom. The van der Waals surface area contributed by atoms with E-state index in [-0.39, 0.29) is 17.6 Å². The Balaban J connectivity index is 2.18. The third kappa shape index (κ3) is 3.65. The van der Waals surface area contributed by atoms with Gasteiger partial charge < -0.3 is 4.98 Å². The van der Waals surface area contributed by atoms with E-state index in [0.29, 0.717) is 17.8 Å². The van der Waals surface area contributed by atoms with Crippen LogP contribution in [0, 0.1) is 20.8 Å². The Morgan fingerprint density at radius 2 is 1.71 bits per heavy atom. The van der Waals surface area contributed by atoms with Crippen LogP contribution in [0.25, 0.3) is 0 Å². The van der Waals surface area contributed by atoms with E-state index in [0.717, 1.165) is 11.3 Å². The normalized spacial score (nSPS) is 12.5. The summed E-state index contributed by atoms with van der Waals surface area (Å²) in [6.07, 6.45) is 0. The predicted octanol–water partition coefficient (Wildman–Crippen LogP) is 3.85. The Hall–Kier alpha value is -2.20. The van der Waals surface area contributed by atoms with Gasteiger partial charge in [0.2, 0.25) is 0 Å². The molecule has 1 N–H and O–H groups in total. The number of H-pyrrole nitrogens is 1. The SMILES string of the molecule is CC(=O)c1c(C)[nH]c(C(=O)C(C)N(C)Cc2ccc(C)cc2)c1C. The minimum atomic E-state index is -0.275. The van der Waals surface area contributed by atoms with Crippen molar-refractivity contribution in [3.63, 3.8) is 0 Å². The molecule has 0 aliphatic rings. The smallest absolute Gasteiger partial charge is 0.196 e. The zero-order chi connectivity index (χ0) is 18.0. The van der Waals surface area contributed by atoms with Gasteiger partial charge in [0.1, 0.15) is 0 Å². The molecule has 24 heavy (non-hydrogen) atoms. The minimum absolute atomic E-state index is 0.0118. The van der Waals surface area contributed by atoms with Crippen molar-refractivity contribution >= 4 is 11.6 Å². The fourth-order valence-electron chi connectivity index (χ4n) is 3.05. The Bertz CT molecular complexity index is 757. The first-order chi connectivity index (χ1) is 11.2. The molecule has 0 amide bonds. The number of nitrogens with zero attached hydrogens (tertiary/aromatic N) is 1. The summed E-state index contributed by atoms with van der Waals surface area (Å²) in [5.74, 6) is -0.00123. The van der Waals surface area contributed by atoms with Gasteiger partial charge in [0.15, 0.2) is 11.6 Å². The van der Waals surface area contributed by atoms with E-state index in [9.17, 15) is 9.59 Å². The van der Waals surface area contributed by atoms with Crippen LogP contribution in [0.3, 0.4) is 0 Å². The summed E-state index contributed by atoms with van der Waals surface area (Å²) in [6, 6.07) is 8.05. The largest absolute Gasteiger partial charge is 0.355 e. The van der Waals surface area contributed by atoms with Crippen LogP contribution in [-0.2, 0) is 6.54 Å². The van der Waals surface area contributed by atoms with Crippen LogP contribution in [-0.4, -0.2) is 34.5 Å². The second-order valence-corrected chi connectivity index (χ2v) is 6.62. The van der Waals surface area contributed by atoms with E-state index in [1.165, 1.54) is 18.1 Å². The molecule has 1 aromatic heterocycles. The summed E-state index contributed by atoms with van der Waals surface area (Å²) in [5.41, 5.74) is 5.08. The van der Waals surface area contributed by atoms with Crippen molar-refractivity contribution in [2.45, 2.75) is 47.2 Å². The van der Waals surface area contributed by atoms with Gasteiger partial charge in [0.05, 0.1) is 11.7 Å². The topological polar surface area (TPSA) is 53.2 Å². The van der Waals surface area contributed by atoms with E-state index in [2.05, 4.69) is 36.2 Å². The molecule has 1 aromatic carbocycles. The molecule has 1 atom stereocenters. The highest BCUT2D eigenvalue weighted by Gasteiger charge is 2.25. The van der Waals surface area contributed by atoms with Crippen molar-refractivity contribution in [3.8, 4) is 0 Å². The van der Waals surface area contributed by atoms with Crippen molar-refractivity contribution in [2.75, 3.05) is 7.05 Å². The van der Waals surface area contributed by atoms with Gasteiger partial charge in [-0.25, -0.2) is 0 Å². The summed E-state index contributed by atoms with van der Waals surface area (Å²) in [4.78, 5) is 29.7. The highest BCUT2D eigenvalue weighted by Crippen LogP contribution is 2.21. The molecule has 0 radical (unpaired) electrons. The zero-order valence-electron chi connectivity index (χ0n) is 15.4. The lowest BCUT2D eigenvalue weighted by atomic mass is 10.0. The molecule has 4 nitrogen and oxygen atoms in total. The number of aromatic amines is 1. The van der Waals surface area contributed by atoms with Crippen LogP contribution in [0.5, 0.6) is 0 Å². The Kier molecular flexibility index (Phi) is 5.40. The Morgan fingerprint density at radius 1 is 1.12 bits per heavy atom. The van der Waals surface area contributed by atoms with Gasteiger partial charge in [-0.2, -0.15) is 0 Å². The number of nitrogens with one attached hydrogen (secondary N) is 1. The highest BCUT2D eigenvalue weighted by molar-refractivity contribution is 6.05. The van der Waals surface area contributed by atoms with Crippen molar-refractivity contribution in [1.29, 1.82) is 0 Å². The Labute approximate surface area is 143 Å². The molecule has 0 saturated carbocycles. The zero-order valence-corrected chi connectivity index (χ0v) is 15.4. The molecule has 2 rings (SSSR count). The van der Waals surface area contributed by atoms with E-state index in [4.69, 9.17) is 0 Å². The summed E-state index contributed by atoms with van der Waals surface area (Å²) >= 11 is 0. The molecule has 0 saturated heterocycles. The lowest BCUT2D eigenvalue weighted by Gasteiger charge is -2.23. The van der Waals surface area contributed by atoms with Gasteiger partial charge in [-0.1, -0.05) is 29.8 Å². The first-order valence-corrected chi connectivity index (χ1v) is 8.22. The average Bonchev–Trinajstić information content (AvgIpc) is 2.82. The number of carbonyl (C=O) groups is 2. The first-order valence-electron chi connectivity index (χ1n) is 8.22. The first kappa shape index (κ1) is 18.1. The minimum Gasteiger partial charge on any atom is -0.355 e. The van der Waals surface area contributed by atoms with Crippen LogP contribution in [0.15, 0.2) is 24.3 Å².